The van der Waals surface area contributed by atoms with E-state index in [1.54, 1.807) is 12.2 Å². The second-order valence-corrected chi connectivity index (χ2v) is 5.74. The van der Waals surface area contributed by atoms with Crippen LogP contribution in [0.25, 0.3) is 6.08 Å². The molecule has 0 aliphatic carbocycles. The topological polar surface area (TPSA) is 33.5 Å². The van der Waals surface area contributed by atoms with Crippen LogP contribution >= 0.6 is 0 Å². The van der Waals surface area contributed by atoms with Gasteiger partial charge < -0.3 is 9.32 Å². The Morgan fingerprint density at radius 3 is 2.41 bits per heavy atom. The van der Waals surface area contributed by atoms with E-state index in [9.17, 15) is 4.79 Å². The molecule has 114 valence electrons. The van der Waals surface area contributed by atoms with Crippen LogP contribution in [0.2, 0.25) is 0 Å². The van der Waals surface area contributed by atoms with Crippen molar-refractivity contribution < 1.29 is 9.21 Å². The van der Waals surface area contributed by atoms with E-state index in [1.807, 2.05) is 43.3 Å². The fraction of sp³-hybridized carbons (Fsp3) is 0.316. The molecule has 0 spiro atoms. The van der Waals surface area contributed by atoms with Crippen LogP contribution in [0.3, 0.4) is 0 Å². The van der Waals surface area contributed by atoms with Gasteiger partial charge in [0.15, 0.2) is 5.78 Å². The molecule has 1 aliphatic heterocycles. The number of aryl methyl sites for hydroxylation is 1. The molecule has 0 saturated carbocycles. The maximum Gasteiger partial charge on any atom is 0.185 e. The van der Waals surface area contributed by atoms with Crippen LogP contribution in [0, 0.1) is 6.92 Å². The van der Waals surface area contributed by atoms with Gasteiger partial charge in [-0.25, -0.2) is 0 Å². The zero-order chi connectivity index (χ0) is 15.4. The summed E-state index contributed by atoms with van der Waals surface area (Å²) >= 11 is 0. The summed E-state index contributed by atoms with van der Waals surface area (Å²) in [5, 5.41) is 0. The van der Waals surface area contributed by atoms with Crippen molar-refractivity contribution in [1.82, 2.24) is 0 Å². The number of piperidine rings is 1. The van der Waals surface area contributed by atoms with E-state index in [0.717, 1.165) is 18.8 Å². The van der Waals surface area contributed by atoms with E-state index in [0.29, 0.717) is 11.3 Å². The lowest BCUT2D eigenvalue weighted by atomic mass is 10.1. The maximum atomic E-state index is 12.2. The molecule has 2 heterocycles. The van der Waals surface area contributed by atoms with Gasteiger partial charge in [0.1, 0.15) is 11.5 Å². The number of carbonyl (C=O) groups excluding carboxylic acids is 1. The molecule has 0 N–H and O–H groups in total. The molecule has 2 aromatic rings. The third kappa shape index (κ3) is 3.48. The van der Waals surface area contributed by atoms with Gasteiger partial charge in [-0.15, -0.1) is 0 Å². The van der Waals surface area contributed by atoms with Crippen molar-refractivity contribution in [3.05, 3.63) is 59.6 Å². The normalized spacial score (nSPS) is 15.4. The van der Waals surface area contributed by atoms with Gasteiger partial charge in [0, 0.05) is 24.3 Å². The number of allylic oxidation sites excluding steroid dienone is 1. The van der Waals surface area contributed by atoms with Crippen LogP contribution in [-0.2, 0) is 0 Å². The van der Waals surface area contributed by atoms with Gasteiger partial charge in [0.2, 0.25) is 0 Å². The molecule has 1 fully saturated rings. The highest BCUT2D eigenvalue weighted by atomic mass is 16.3. The van der Waals surface area contributed by atoms with Gasteiger partial charge in [0.25, 0.3) is 0 Å². The van der Waals surface area contributed by atoms with Crippen molar-refractivity contribution in [3.63, 3.8) is 0 Å². The summed E-state index contributed by atoms with van der Waals surface area (Å²) in [5.74, 6) is 1.55. The number of furan rings is 1. The van der Waals surface area contributed by atoms with E-state index in [2.05, 4.69) is 4.90 Å². The number of anilines is 1. The first-order chi connectivity index (χ1) is 10.7. The fourth-order valence-electron chi connectivity index (χ4n) is 2.79. The number of rotatable bonds is 4. The highest BCUT2D eigenvalue weighted by molar-refractivity contribution is 6.06. The van der Waals surface area contributed by atoms with Crippen molar-refractivity contribution in [2.45, 2.75) is 26.2 Å². The predicted octanol–water partition coefficient (Wildman–Crippen LogP) is 4.47. The molecule has 1 aliphatic rings. The third-order valence-corrected chi connectivity index (χ3v) is 4.03. The predicted molar refractivity (Wildman–Crippen MR) is 89.3 cm³/mol. The van der Waals surface area contributed by atoms with Crippen LogP contribution in [0.1, 0.15) is 41.1 Å². The number of benzene rings is 1. The molecule has 0 unspecified atom stereocenters. The molecule has 0 bridgehead atoms. The van der Waals surface area contributed by atoms with Crippen molar-refractivity contribution in [1.29, 1.82) is 0 Å². The minimum absolute atomic E-state index is 0.000697. The third-order valence-electron chi connectivity index (χ3n) is 4.03. The zero-order valence-electron chi connectivity index (χ0n) is 12.9. The average molecular weight is 295 g/mol. The second kappa shape index (κ2) is 6.65. The van der Waals surface area contributed by atoms with Crippen molar-refractivity contribution in [2.24, 2.45) is 0 Å². The maximum absolute atomic E-state index is 12.2. The Labute approximate surface area is 131 Å². The lowest BCUT2D eigenvalue weighted by molar-refractivity contribution is 0.104. The molecular formula is C19H21NO2. The number of ketones is 1. The summed E-state index contributed by atoms with van der Waals surface area (Å²) in [6, 6.07) is 11.6. The number of carbonyl (C=O) groups is 1. The first-order valence-corrected chi connectivity index (χ1v) is 7.86. The SMILES string of the molecule is Cc1ccc(/C=C/C(=O)c2ccc(N3CCCCC3)cc2)o1. The smallest absolute Gasteiger partial charge is 0.185 e. The van der Waals surface area contributed by atoms with Crippen LogP contribution in [0.15, 0.2) is 46.9 Å². The van der Waals surface area contributed by atoms with E-state index in [4.69, 9.17) is 4.42 Å². The Morgan fingerprint density at radius 2 is 1.77 bits per heavy atom. The van der Waals surface area contributed by atoms with Crippen LogP contribution in [0.4, 0.5) is 5.69 Å². The lowest BCUT2D eigenvalue weighted by Gasteiger charge is -2.28. The molecule has 3 heteroatoms. The molecular weight excluding hydrogens is 274 g/mol. The highest BCUT2D eigenvalue weighted by Gasteiger charge is 2.11. The summed E-state index contributed by atoms with van der Waals surface area (Å²) in [5.41, 5.74) is 1.92. The number of hydrogen-bond acceptors (Lipinski definition) is 3. The first kappa shape index (κ1) is 14.6. The molecule has 1 saturated heterocycles. The summed E-state index contributed by atoms with van der Waals surface area (Å²) in [7, 11) is 0. The van der Waals surface area contributed by atoms with Gasteiger partial charge >= 0.3 is 0 Å². The van der Waals surface area contributed by atoms with Gasteiger partial charge in [-0.05, 0) is 74.7 Å². The van der Waals surface area contributed by atoms with Gasteiger partial charge in [-0.3, -0.25) is 4.79 Å². The molecule has 3 rings (SSSR count). The fourth-order valence-corrected chi connectivity index (χ4v) is 2.79. The monoisotopic (exact) mass is 295 g/mol. The van der Waals surface area contributed by atoms with E-state index in [-0.39, 0.29) is 5.78 Å². The molecule has 0 radical (unpaired) electrons. The quantitative estimate of drug-likeness (QED) is 0.616. The molecule has 0 atom stereocenters. The number of nitrogens with zero attached hydrogens (tertiary/aromatic N) is 1. The lowest BCUT2D eigenvalue weighted by Crippen LogP contribution is -2.29. The molecule has 0 amide bonds. The van der Waals surface area contributed by atoms with Crippen LogP contribution in [0.5, 0.6) is 0 Å². The van der Waals surface area contributed by atoms with Crippen LogP contribution in [-0.4, -0.2) is 18.9 Å². The molecule has 22 heavy (non-hydrogen) atoms. The van der Waals surface area contributed by atoms with Crippen molar-refractivity contribution in [2.75, 3.05) is 18.0 Å². The molecule has 1 aromatic carbocycles. The number of hydrogen-bond donors (Lipinski definition) is 0. The first-order valence-electron chi connectivity index (χ1n) is 7.86. The van der Waals surface area contributed by atoms with Crippen LogP contribution < -0.4 is 4.90 Å². The minimum Gasteiger partial charge on any atom is -0.462 e. The van der Waals surface area contributed by atoms with E-state index >= 15 is 0 Å². The molecule has 3 nitrogen and oxygen atoms in total. The van der Waals surface area contributed by atoms with Crippen molar-refractivity contribution in [3.8, 4) is 0 Å². The second-order valence-electron chi connectivity index (χ2n) is 5.74. The summed E-state index contributed by atoms with van der Waals surface area (Å²) in [6.07, 6.45) is 7.12. The molecule has 1 aromatic heterocycles. The highest BCUT2D eigenvalue weighted by Crippen LogP contribution is 2.20. The van der Waals surface area contributed by atoms with Gasteiger partial charge in [0.05, 0.1) is 0 Å². The Balaban J connectivity index is 1.66. The Morgan fingerprint density at radius 1 is 1.05 bits per heavy atom. The largest absolute Gasteiger partial charge is 0.462 e. The average Bonchev–Trinajstić information content (AvgIpc) is 2.99. The minimum atomic E-state index is -0.000697. The summed E-state index contributed by atoms with van der Waals surface area (Å²) in [4.78, 5) is 14.6. The summed E-state index contributed by atoms with van der Waals surface area (Å²) in [6.45, 7) is 4.12. The standard InChI is InChI=1S/C19H21NO2/c1-15-5-10-18(22-15)11-12-19(21)16-6-8-17(9-7-16)20-13-3-2-4-14-20/h5-12H,2-4,13-14H2,1H3/b12-11+. The zero-order valence-corrected chi connectivity index (χ0v) is 12.9. The summed E-state index contributed by atoms with van der Waals surface area (Å²) < 4.78 is 5.42. The van der Waals surface area contributed by atoms with Crippen molar-refractivity contribution >= 4 is 17.5 Å². The van der Waals surface area contributed by atoms with E-state index in [1.165, 1.54) is 24.9 Å². The van der Waals surface area contributed by atoms with E-state index < -0.39 is 0 Å². The Bertz CT molecular complexity index is 661. The van der Waals surface area contributed by atoms with Gasteiger partial charge in [-0.1, -0.05) is 0 Å². The Kier molecular flexibility index (Phi) is 4.42. The van der Waals surface area contributed by atoms with Gasteiger partial charge in [-0.2, -0.15) is 0 Å². The Hall–Kier alpha value is -2.29.